The van der Waals surface area contributed by atoms with Gasteiger partial charge < -0.3 is 15.5 Å². The van der Waals surface area contributed by atoms with Crippen LogP contribution in [0.15, 0.2) is 18.2 Å². The van der Waals surface area contributed by atoms with Crippen molar-refractivity contribution in [2.24, 2.45) is 5.92 Å². The Morgan fingerprint density at radius 3 is 2.56 bits per heavy atom. The van der Waals surface area contributed by atoms with E-state index < -0.39 is 11.9 Å². The molecule has 4 aliphatic rings. The van der Waals surface area contributed by atoms with Gasteiger partial charge in [0, 0.05) is 37.7 Å². The number of hydrogen-bond acceptors (Lipinski definition) is 6. The van der Waals surface area contributed by atoms with Crippen LogP contribution in [-0.2, 0) is 27.5 Å². The minimum atomic E-state index is -0.605. The number of fused-ring (bicyclic) bond motifs is 1. The molecule has 0 radical (unpaired) electrons. The summed E-state index contributed by atoms with van der Waals surface area (Å²) in [7, 11) is 0. The highest BCUT2D eigenvalue weighted by Crippen LogP contribution is 2.30. The van der Waals surface area contributed by atoms with E-state index >= 15 is 0 Å². The van der Waals surface area contributed by atoms with Crippen LogP contribution in [-0.4, -0.2) is 71.7 Å². The van der Waals surface area contributed by atoms with Crippen molar-refractivity contribution >= 4 is 23.6 Å². The maximum absolute atomic E-state index is 12.9. The summed E-state index contributed by atoms with van der Waals surface area (Å²) in [4.78, 5) is 52.6. The topological polar surface area (TPSA) is 111 Å². The summed E-state index contributed by atoms with van der Waals surface area (Å²) in [6.07, 6.45) is 2.82. The van der Waals surface area contributed by atoms with Gasteiger partial charge in [0.1, 0.15) is 6.04 Å². The number of rotatable bonds is 4. The van der Waals surface area contributed by atoms with Gasteiger partial charge in [0.15, 0.2) is 0 Å². The summed E-state index contributed by atoms with van der Waals surface area (Å²) >= 11 is 0. The SMILES string of the molecule is O=C1CN(Cc2ccc3c(c2)CN(C2CCC(=O)NC2=O)C3=O)C(C2CCNCC2)CN1. The van der Waals surface area contributed by atoms with Crippen molar-refractivity contribution < 1.29 is 19.2 Å². The minimum Gasteiger partial charge on any atom is -0.353 e. The smallest absolute Gasteiger partial charge is 0.255 e. The van der Waals surface area contributed by atoms with Crippen molar-refractivity contribution in [2.75, 3.05) is 26.2 Å². The van der Waals surface area contributed by atoms with Gasteiger partial charge in [0.2, 0.25) is 17.7 Å². The molecule has 9 heteroatoms. The second kappa shape index (κ2) is 8.63. The van der Waals surface area contributed by atoms with Crippen LogP contribution in [0.2, 0.25) is 0 Å². The molecule has 9 nitrogen and oxygen atoms in total. The third-order valence-electron chi connectivity index (χ3n) is 7.23. The van der Waals surface area contributed by atoms with Crippen molar-refractivity contribution in [3.63, 3.8) is 0 Å². The second-order valence-corrected chi connectivity index (χ2v) is 9.26. The highest BCUT2D eigenvalue weighted by molar-refractivity contribution is 6.05. The van der Waals surface area contributed by atoms with Crippen LogP contribution in [0, 0.1) is 5.92 Å². The summed E-state index contributed by atoms with van der Waals surface area (Å²) in [5.41, 5.74) is 2.58. The van der Waals surface area contributed by atoms with Crippen molar-refractivity contribution in [2.45, 2.75) is 50.9 Å². The fourth-order valence-electron chi connectivity index (χ4n) is 5.53. The Kier molecular flexibility index (Phi) is 5.69. The quantitative estimate of drug-likeness (QED) is 0.558. The van der Waals surface area contributed by atoms with Gasteiger partial charge in [-0.2, -0.15) is 0 Å². The van der Waals surface area contributed by atoms with Crippen LogP contribution in [0.3, 0.4) is 0 Å². The molecule has 3 N–H and O–H groups in total. The van der Waals surface area contributed by atoms with Gasteiger partial charge in [-0.25, -0.2) is 0 Å². The predicted molar refractivity (Wildman–Crippen MR) is 115 cm³/mol. The summed E-state index contributed by atoms with van der Waals surface area (Å²) in [6, 6.07) is 5.53. The first kappa shape index (κ1) is 21.1. The molecule has 0 aliphatic carbocycles. The first-order chi connectivity index (χ1) is 15.5. The van der Waals surface area contributed by atoms with Gasteiger partial charge in [-0.15, -0.1) is 0 Å². The van der Waals surface area contributed by atoms with E-state index in [4.69, 9.17) is 0 Å². The van der Waals surface area contributed by atoms with Crippen LogP contribution in [0.5, 0.6) is 0 Å². The van der Waals surface area contributed by atoms with Crippen molar-refractivity contribution in [3.8, 4) is 0 Å². The van der Waals surface area contributed by atoms with E-state index in [0.29, 0.717) is 50.1 Å². The van der Waals surface area contributed by atoms with Crippen molar-refractivity contribution in [3.05, 3.63) is 34.9 Å². The van der Waals surface area contributed by atoms with Gasteiger partial charge in [-0.3, -0.25) is 29.4 Å². The minimum absolute atomic E-state index is 0.0514. The number of carbonyl (C=O) groups excluding carboxylic acids is 4. The van der Waals surface area contributed by atoms with Crippen LogP contribution in [0.25, 0.3) is 0 Å². The average molecular weight is 440 g/mol. The first-order valence-electron chi connectivity index (χ1n) is 11.5. The third-order valence-corrected chi connectivity index (χ3v) is 7.23. The number of carbonyl (C=O) groups is 4. The number of imide groups is 1. The lowest BCUT2D eigenvalue weighted by molar-refractivity contribution is -0.137. The second-order valence-electron chi connectivity index (χ2n) is 9.26. The zero-order valence-corrected chi connectivity index (χ0v) is 18.1. The Labute approximate surface area is 186 Å². The molecule has 3 saturated heterocycles. The van der Waals surface area contributed by atoms with Gasteiger partial charge in [-0.05, 0) is 55.5 Å². The number of amides is 4. The van der Waals surface area contributed by atoms with E-state index in [9.17, 15) is 19.2 Å². The number of nitrogens with one attached hydrogen (secondary N) is 3. The third kappa shape index (κ3) is 4.02. The van der Waals surface area contributed by atoms with Gasteiger partial charge in [0.05, 0.1) is 6.54 Å². The van der Waals surface area contributed by atoms with E-state index in [2.05, 4.69) is 20.9 Å². The van der Waals surface area contributed by atoms with Crippen molar-refractivity contribution in [1.82, 2.24) is 25.8 Å². The molecule has 3 fully saturated rings. The molecule has 0 spiro atoms. The van der Waals surface area contributed by atoms with Crippen LogP contribution < -0.4 is 16.0 Å². The zero-order chi connectivity index (χ0) is 22.2. The lowest BCUT2D eigenvalue weighted by atomic mass is 9.87. The van der Waals surface area contributed by atoms with E-state index in [1.807, 2.05) is 18.2 Å². The highest BCUT2D eigenvalue weighted by atomic mass is 16.2. The van der Waals surface area contributed by atoms with Crippen molar-refractivity contribution in [1.29, 1.82) is 0 Å². The van der Waals surface area contributed by atoms with E-state index in [1.54, 1.807) is 4.90 Å². The average Bonchev–Trinajstić information content (AvgIpc) is 3.10. The predicted octanol–water partition coefficient (Wildman–Crippen LogP) is -0.252. The molecule has 5 rings (SSSR count). The standard InChI is InChI=1S/C23H29N5O4/c29-20-4-3-18(22(31)26-20)28-12-16-9-14(1-2-17(16)23(28)32)11-27-13-21(30)25-10-19(27)15-5-7-24-8-6-15/h1-2,9,15,18-19,24H,3-8,10-13H2,(H,25,30)(H,26,29,31). The van der Waals surface area contributed by atoms with E-state index in [1.165, 1.54) is 0 Å². The van der Waals surface area contributed by atoms with Crippen LogP contribution in [0.4, 0.5) is 0 Å². The fraction of sp³-hybridized carbons (Fsp3) is 0.565. The number of benzene rings is 1. The summed E-state index contributed by atoms with van der Waals surface area (Å²) in [5.74, 6) is -0.240. The molecular formula is C23H29N5O4. The molecule has 4 amide bonds. The number of piperazine rings is 1. The molecule has 0 aromatic heterocycles. The zero-order valence-electron chi connectivity index (χ0n) is 18.1. The maximum Gasteiger partial charge on any atom is 0.255 e. The molecule has 1 aromatic rings. The van der Waals surface area contributed by atoms with E-state index in [-0.39, 0.29) is 24.1 Å². The lowest BCUT2D eigenvalue weighted by Gasteiger charge is -2.41. The number of nitrogens with zero attached hydrogens (tertiary/aromatic N) is 2. The largest absolute Gasteiger partial charge is 0.353 e. The molecule has 2 atom stereocenters. The molecule has 32 heavy (non-hydrogen) atoms. The Bertz CT molecular complexity index is 958. The normalized spacial score (nSPS) is 27.3. The Hall–Kier alpha value is -2.78. The molecule has 0 bridgehead atoms. The Balaban J connectivity index is 1.31. The van der Waals surface area contributed by atoms with Crippen LogP contribution in [0.1, 0.15) is 47.2 Å². The Morgan fingerprint density at radius 2 is 1.78 bits per heavy atom. The van der Waals surface area contributed by atoms with Crippen LogP contribution >= 0.6 is 0 Å². The molecule has 2 unspecified atom stereocenters. The summed E-state index contributed by atoms with van der Waals surface area (Å²) in [6.45, 7) is 4.11. The summed E-state index contributed by atoms with van der Waals surface area (Å²) in [5, 5.41) is 8.77. The molecule has 4 heterocycles. The fourth-order valence-corrected chi connectivity index (χ4v) is 5.53. The summed E-state index contributed by atoms with van der Waals surface area (Å²) < 4.78 is 0. The van der Waals surface area contributed by atoms with Gasteiger partial charge in [-0.1, -0.05) is 12.1 Å². The molecule has 0 saturated carbocycles. The molecular weight excluding hydrogens is 410 g/mol. The highest BCUT2D eigenvalue weighted by Gasteiger charge is 2.39. The monoisotopic (exact) mass is 439 g/mol. The molecule has 170 valence electrons. The van der Waals surface area contributed by atoms with Gasteiger partial charge >= 0.3 is 0 Å². The first-order valence-corrected chi connectivity index (χ1v) is 11.5. The molecule has 1 aromatic carbocycles. The molecule has 4 aliphatic heterocycles. The van der Waals surface area contributed by atoms with E-state index in [0.717, 1.165) is 37.1 Å². The van der Waals surface area contributed by atoms with Gasteiger partial charge in [0.25, 0.3) is 5.91 Å². The maximum atomic E-state index is 12.9. The lowest BCUT2D eigenvalue weighted by Crippen LogP contribution is -2.57. The number of piperidine rings is 2. The Morgan fingerprint density at radius 1 is 0.969 bits per heavy atom. The number of hydrogen-bond donors (Lipinski definition) is 3.